The average molecular weight is 452 g/mol. The zero-order valence-corrected chi connectivity index (χ0v) is 19.4. The lowest BCUT2D eigenvalue weighted by atomic mass is 9.98. The summed E-state index contributed by atoms with van der Waals surface area (Å²) < 4.78 is 0. The number of fused-ring (bicyclic) bond motifs is 1. The van der Waals surface area contributed by atoms with Crippen LogP contribution in [0.5, 0.6) is 0 Å². The van der Waals surface area contributed by atoms with Crippen LogP contribution in [0, 0.1) is 5.92 Å². The fraction of sp³-hybridized carbons (Fsp3) is 0.423. The third-order valence-electron chi connectivity index (χ3n) is 6.08. The van der Waals surface area contributed by atoms with Crippen molar-refractivity contribution >= 4 is 24.0 Å². The summed E-state index contributed by atoms with van der Waals surface area (Å²) in [6.07, 6.45) is 3.05. The van der Waals surface area contributed by atoms with E-state index < -0.39 is 0 Å². The van der Waals surface area contributed by atoms with Crippen LogP contribution in [0.1, 0.15) is 41.8 Å². The molecule has 0 aliphatic carbocycles. The average Bonchev–Trinajstić information content (AvgIpc) is 3.41. The van der Waals surface area contributed by atoms with Crippen LogP contribution in [0.3, 0.4) is 0 Å². The number of nitrogens with zero attached hydrogens (tertiary/aromatic N) is 2. The van der Waals surface area contributed by atoms with Gasteiger partial charge in [0.1, 0.15) is 0 Å². The van der Waals surface area contributed by atoms with Crippen molar-refractivity contribution in [2.24, 2.45) is 5.92 Å². The molecule has 1 saturated heterocycles. The highest BCUT2D eigenvalue weighted by atomic mass is 16.3. The summed E-state index contributed by atoms with van der Waals surface area (Å²) in [5.74, 6) is 0.741. The van der Waals surface area contributed by atoms with Crippen molar-refractivity contribution in [2.45, 2.75) is 39.2 Å². The van der Waals surface area contributed by atoms with Gasteiger partial charge in [-0.2, -0.15) is 0 Å². The Hall–Kier alpha value is -3.19. The molecule has 0 bridgehead atoms. The van der Waals surface area contributed by atoms with E-state index in [0.29, 0.717) is 18.0 Å². The molecule has 1 atom stereocenters. The van der Waals surface area contributed by atoms with Gasteiger partial charge in [-0.05, 0) is 74.9 Å². The van der Waals surface area contributed by atoms with Crippen LogP contribution in [0.2, 0.25) is 0 Å². The van der Waals surface area contributed by atoms with Crippen molar-refractivity contribution in [3.05, 3.63) is 65.2 Å². The fourth-order valence-electron chi connectivity index (χ4n) is 4.57. The van der Waals surface area contributed by atoms with Crippen LogP contribution >= 0.6 is 0 Å². The van der Waals surface area contributed by atoms with Crippen LogP contribution in [0.15, 0.2) is 48.5 Å². The highest BCUT2D eigenvalue weighted by molar-refractivity contribution is 5.96. The Bertz CT molecular complexity index is 958. The van der Waals surface area contributed by atoms with Crippen molar-refractivity contribution < 1.29 is 19.5 Å². The number of para-hydroxylation sites is 1. The Kier molecular flexibility index (Phi) is 8.60. The predicted molar refractivity (Wildman–Crippen MR) is 128 cm³/mol. The number of benzene rings is 2. The molecule has 0 radical (unpaired) electrons. The number of carbonyl (C=O) groups excluding carboxylic acids is 2. The maximum Gasteiger partial charge on any atom is 0.290 e. The maximum absolute atomic E-state index is 12.9. The first kappa shape index (κ1) is 24.5. The van der Waals surface area contributed by atoms with E-state index in [-0.39, 0.29) is 24.3 Å². The Morgan fingerprint density at radius 3 is 2.52 bits per heavy atom. The van der Waals surface area contributed by atoms with Crippen molar-refractivity contribution in [2.75, 3.05) is 31.1 Å². The minimum Gasteiger partial charge on any atom is -0.483 e. The van der Waals surface area contributed by atoms with Crippen LogP contribution < -0.4 is 10.2 Å². The lowest BCUT2D eigenvalue weighted by Gasteiger charge is -2.22. The second-order valence-electron chi connectivity index (χ2n) is 8.95. The van der Waals surface area contributed by atoms with E-state index in [2.05, 4.69) is 34.5 Å². The maximum atomic E-state index is 12.9. The first-order chi connectivity index (χ1) is 15.9. The molecule has 2 aliphatic rings. The normalized spacial score (nSPS) is 17.3. The Labute approximate surface area is 195 Å². The molecule has 7 heteroatoms. The van der Waals surface area contributed by atoms with E-state index in [0.717, 1.165) is 44.6 Å². The molecule has 176 valence electrons. The van der Waals surface area contributed by atoms with Crippen LogP contribution in [0.25, 0.3) is 0 Å². The van der Waals surface area contributed by atoms with E-state index in [4.69, 9.17) is 9.90 Å². The molecule has 1 unspecified atom stereocenters. The Morgan fingerprint density at radius 1 is 1.12 bits per heavy atom. The molecule has 2 heterocycles. The quantitative estimate of drug-likeness (QED) is 0.659. The van der Waals surface area contributed by atoms with Gasteiger partial charge < -0.3 is 15.3 Å². The largest absolute Gasteiger partial charge is 0.483 e. The van der Waals surface area contributed by atoms with Crippen molar-refractivity contribution in [1.29, 1.82) is 0 Å². The molecule has 33 heavy (non-hydrogen) atoms. The minimum absolute atomic E-state index is 0.0226. The highest BCUT2D eigenvalue weighted by Gasteiger charge is 2.29. The van der Waals surface area contributed by atoms with Crippen molar-refractivity contribution in [3.63, 3.8) is 0 Å². The topological polar surface area (TPSA) is 90.0 Å². The van der Waals surface area contributed by atoms with E-state index in [9.17, 15) is 9.59 Å². The van der Waals surface area contributed by atoms with Gasteiger partial charge in [0, 0.05) is 30.4 Å². The molecule has 2 aromatic rings. The molecule has 0 aromatic heterocycles. The number of carboxylic acid groups (broad SMARTS) is 1. The Morgan fingerprint density at radius 2 is 1.82 bits per heavy atom. The smallest absolute Gasteiger partial charge is 0.290 e. The van der Waals surface area contributed by atoms with Gasteiger partial charge >= 0.3 is 0 Å². The minimum atomic E-state index is -0.250. The molecule has 0 spiro atoms. The summed E-state index contributed by atoms with van der Waals surface area (Å²) in [6.45, 7) is 6.90. The van der Waals surface area contributed by atoms with Gasteiger partial charge in [0.05, 0.1) is 6.54 Å². The summed E-state index contributed by atoms with van der Waals surface area (Å²) in [4.78, 5) is 37.5. The highest BCUT2D eigenvalue weighted by Crippen LogP contribution is 2.28. The molecule has 0 saturated carbocycles. The van der Waals surface area contributed by atoms with Crippen LogP contribution in [-0.2, 0) is 22.4 Å². The van der Waals surface area contributed by atoms with Crippen molar-refractivity contribution in [3.8, 4) is 0 Å². The van der Waals surface area contributed by atoms with Crippen molar-refractivity contribution in [1.82, 2.24) is 10.2 Å². The van der Waals surface area contributed by atoms with Gasteiger partial charge in [-0.15, -0.1) is 0 Å². The SMILES string of the molecule is CC(C)NC(=O)c1ccc(CC2CCN(CC(=O)N3CCc4ccccc43)C2)cc1.O=CO. The number of carbonyl (C=O) groups is 3. The van der Waals surface area contributed by atoms with Gasteiger partial charge in [0.2, 0.25) is 5.91 Å². The lowest BCUT2D eigenvalue weighted by Crippen LogP contribution is -2.38. The second kappa shape index (κ2) is 11.6. The third kappa shape index (κ3) is 6.65. The van der Waals surface area contributed by atoms with Gasteiger partial charge in [-0.25, -0.2) is 0 Å². The second-order valence-corrected chi connectivity index (χ2v) is 8.95. The number of amides is 2. The molecule has 2 aromatic carbocycles. The number of likely N-dealkylation sites (tertiary alicyclic amines) is 1. The van der Waals surface area contributed by atoms with Gasteiger partial charge in [-0.1, -0.05) is 30.3 Å². The molecule has 1 fully saturated rings. The fourth-order valence-corrected chi connectivity index (χ4v) is 4.57. The summed E-state index contributed by atoms with van der Waals surface area (Å²) in [7, 11) is 0. The zero-order chi connectivity index (χ0) is 23.8. The molecule has 2 aliphatic heterocycles. The monoisotopic (exact) mass is 451 g/mol. The summed E-state index contributed by atoms with van der Waals surface area (Å²) in [6, 6.07) is 16.3. The lowest BCUT2D eigenvalue weighted by molar-refractivity contribution is -0.123. The number of hydrogen-bond donors (Lipinski definition) is 2. The summed E-state index contributed by atoms with van der Waals surface area (Å²) in [5.41, 5.74) is 4.32. The Balaban J connectivity index is 0.000000968. The number of rotatable bonds is 6. The standard InChI is InChI=1S/C25H31N3O2.CH2O2/c1-18(2)26-25(30)22-9-7-19(8-10-22)15-20-11-13-27(16-20)17-24(29)28-14-12-21-5-3-4-6-23(21)28;2-1-3/h3-10,18,20H,11-17H2,1-2H3,(H,26,30);1H,(H,2,3). The first-order valence-corrected chi connectivity index (χ1v) is 11.5. The zero-order valence-electron chi connectivity index (χ0n) is 19.4. The number of anilines is 1. The third-order valence-corrected chi connectivity index (χ3v) is 6.08. The van der Waals surface area contributed by atoms with Gasteiger partial charge in [0.25, 0.3) is 12.4 Å². The van der Waals surface area contributed by atoms with Gasteiger partial charge in [-0.3, -0.25) is 19.3 Å². The van der Waals surface area contributed by atoms with E-state index >= 15 is 0 Å². The van der Waals surface area contributed by atoms with Crippen LogP contribution in [0.4, 0.5) is 5.69 Å². The summed E-state index contributed by atoms with van der Waals surface area (Å²) in [5, 5.41) is 9.81. The predicted octanol–water partition coefficient (Wildman–Crippen LogP) is 2.98. The first-order valence-electron chi connectivity index (χ1n) is 11.5. The molecule has 2 N–H and O–H groups in total. The molecule has 4 rings (SSSR count). The van der Waals surface area contributed by atoms with E-state index in [1.807, 2.05) is 43.0 Å². The van der Waals surface area contributed by atoms with E-state index in [1.165, 1.54) is 11.1 Å². The number of hydrogen-bond acceptors (Lipinski definition) is 4. The molecular formula is C26H33N3O4. The number of nitrogens with one attached hydrogen (secondary N) is 1. The summed E-state index contributed by atoms with van der Waals surface area (Å²) >= 11 is 0. The van der Waals surface area contributed by atoms with E-state index in [1.54, 1.807) is 0 Å². The van der Waals surface area contributed by atoms with Crippen LogP contribution in [-0.4, -0.2) is 60.5 Å². The molecule has 7 nitrogen and oxygen atoms in total. The van der Waals surface area contributed by atoms with Gasteiger partial charge in [0.15, 0.2) is 0 Å². The molecule has 2 amide bonds. The molecular weight excluding hydrogens is 418 g/mol.